The van der Waals surface area contributed by atoms with E-state index in [4.69, 9.17) is 39.5 Å². The van der Waals surface area contributed by atoms with Gasteiger partial charge in [0.15, 0.2) is 5.82 Å². The summed E-state index contributed by atoms with van der Waals surface area (Å²) < 4.78 is 21.1. The van der Waals surface area contributed by atoms with Crippen molar-refractivity contribution in [3.8, 4) is 22.6 Å². The van der Waals surface area contributed by atoms with Crippen LogP contribution in [-0.4, -0.2) is 27.1 Å². The van der Waals surface area contributed by atoms with Gasteiger partial charge >= 0.3 is 0 Å². The highest BCUT2D eigenvalue weighted by atomic mass is 35.5. The summed E-state index contributed by atoms with van der Waals surface area (Å²) in [5, 5.41) is 8.90. The molecule has 27 heavy (non-hydrogen) atoms. The molecule has 9 heteroatoms. The molecule has 2 aromatic carbocycles. The molecule has 4 aromatic rings. The molecule has 0 aliphatic carbocycles. The van der Waals surface area contributed by atoms with Crippen LogP contribution in [0.5, 0.6) is 5.75 Å². The molecule has 0 aliphatic heterocycles. The van der Waals surface area contributed by atoms with E-state index >= 15 is 0 Å². The highest BCUT2D eigenvalue weighted by Crippen LogP contribution is 2.39. The second kappa shape index (κ2) is 6.96. The zero-order valence-electron chi connectivity index (χ0n) is 13.8. The number of ether oxygens (including phenoxy) is 1. The number of halogens is 4. The van der Waals surface area contributed by atoms with Gasteiger partial charge in [0.05, 0.1) is 17.8 Å². The van der Waals surface area contributed by atoms with Crippen LogP contribution in [0.1, 0.15) is 0 Å². The lowest BCUT2D eigenvalue weighted by Crippen LogP contribution is -2.02. The van der Waals surface area contributed by atoms with Gasteiger partial charge in [-0.2, -0.15) is 0 Å². The van der Waals surface area contributed by atoms with E-state index in [1.807, 2.05) is 0 Å². The first kappa shape index (κ1) is 18.0. The second-order valence-corrected chi connectivity index (χ2v) is 6.80. The van der Waals surface area contributed by atoms with E-state index in [-0.39, 0.29) is 15.7 Å². The molecule has 0 fully saturated rings. The smallest absolute Gasteiger partial charge is 0.152 e. The van der Waals surface area contributed by atoms with Crippen LogP contribution in [0.15, 0.2) is 42.6 Å². The normalized spacial score (nSPS) is 11.1. The Bertz CT molecular complexity index is 1180. The van der Waals surface area contributed by atoms with E-state index in [1.54, 1.807) is 31.4 Å². The number of hydrogen-bond donors (Lipinski definition) is 0. The van der Waals surface area contributed by atoms with Crippen LogP contribution in [0, 0.1) is 5.82 Å². The zero-order chi connectivity index (χ0) is 19.1. The number of benzene rings is 2. The largest absolute Gasteiger partial charge is 0.497 e. The van der Waals surface area contributed by atoms with Crippen LogP contribution in [0.3, 0.4) is 0 Å². The van der Waals surface area contributed by atoms with Crippen LogP contribution in [0.2, 0.25) is 15.2 Å². The first-order chi connectivity index (χ1) is 13.0. The number of nitrogens with zero attached hydrogens (tertiary/aromatic N) is 4. The first-order valence-electron chi connectivity index (χ1n) is 7.69. The number of aromatic nitrogens is 4. The molecule has 2 aromatic heterocycles. The molecule has 5 nitrogen and oxygen atoms in total. The Balaban J connectivity index is 2.01. The van der Waals surface area contributed by atoms with Gasteiger partial charge in [0.2, 0.25) is 0 Å². The molecule has 0 saturated carbocycles. The monoisotopic (exact) mass is 422 g/mol. The topological polar surface area (TPSA) is 52.8 Å². The standard InChI is InChI=1S/C18H10Cl3FN4O/c1-27-10-2-3-11(12(20)8-10)16-15(4-5-23-18(16)21)26-17-13(22)6-9(19)7-14(17)24-25-26/h2-8H,1H3. The van der Waals surface area contributed by atoms with E-state index < -0.39 is 5.82 Å². The summed E-state index contributed by atoms with van der Waals surface area (Å²) >= 11 is 18.7. The van der Waals surface area contributed by atoms with Crippen molar-refractivity contribution >= 4 is 45.8 Å². The Morgan fingerprint density at radius 3 is 2.63 bits per heavy atom. The molecule has 0 unspecified atom stereocenters. The predicted octanol–water partition coefficient (Wildman–Crippen LogP) is 5.59. The number of hydrogen-bond acceptors (Lipinski definition) is 4. The van der Waals surface area contributed by atoms with Gasteiger partial charge in [0, 0.05) is 22.3 Å². The molecule has 4 rings (SSSR count). The predicted molar refractivity (Wildman–Crippen MR) is 104 cm³/mol. The molecule has 0 saturated heterocycles. The fraction of sp³-hybridized carbons (Fsp3) is 0.0556. The van der Waals surface area contributed by atoms with Gasteiger partial charge < -0.3 is 4.74 Å². The van der Waals surface area contributed by atoms with Crippen molar-refractivity contribution in [2.24, 2.45) is 0 Å². The minimum absolute atomic E-state index is 0.174. The number of methoxy groups -OCH3 is 1. The van der Waals surface area contributed by atoms with Crippen molar-refractivity contribution in [2.75, 3.05) is 7.11 Å². The average Bonchev–Trinajstić information content (AvgIpc) is 3.06. The van der Waals surface area contributed by atoms with Gasteiger partial charge in [0.25, 0.3) is 0 Å². The summed E-state index contributed by atoms with van der Waals surface area (Å²) in [5.74, 6) is 0.0411. The van der Waals surface area contributed by atoms with Crippen molar-refractivity contribution in [3.05, 3.63) is 63.6 Å². The highest BCUT2D eigenvalue weighted by molar-refractivity contribution is 6.36. The van der Waals surface area contributed by atoms with Gasteiger partial charge in [0.1, 0.15) is 21.9 Å². The van der Waals surface area contributed by atoms with Crippen LogP contribution >= 0.6 is 34.8 Å². The van der Waals surface area contributed by atoms with E-state index in [0.717, 1.165) is 0 Å². The molecule has 136 valence electrons. The lowest BCUT2D eigenvalue weighted by atomic mass is 10.1. The molecule has 0 atom stereocenters. The lowest BCUT2D eigenvalue weighted by Gasteiger charge is -2.13. The summed E-state index contributed by atoms with van der Waals surface area (Å²) in [4.78, 5) is 4.13. The fourth-order valence-electron chi connectivity index (χ4n) is 2.82. The Hall–Kier alpha value is -2.41. The number of rotatable bonds is 3. The molecule has 0 bridgehead atoms. The van der Waals surface area contributed by atoms with Gasteiger partial charge in [-0.25, -0.2) is 14.1 Å². The highest BCUT2D eigenvalue weighted by Gasteiger charge is 2.20. The third-order valence-corrected chi connectivity index (χ3v) is 4.84. The van der Waals surface area contributed by atoms with Crippen LogP contribution in [0.25, 0.3) is 27.8 Å². The van der Waals surface area contributed by atoms with Crippen molar-refractivity contribution < 1.29 is 9.13 Å². The van der Waals surface area contributed by atoms with E-state index in [1.165, 1.54) is 23.0 Å². The fourth-order valence-corrected chi connectivity index (χ4v) is 3.54. The molecule has 0 N–H and O–H groups in total. The molecule has 0 aliphatic rings. The molecular weight excluding hydrogens is 414 g/mol. The second-order valence-electron chi connectivity index (χ2n) is 5.60. The molecule has 0 spiro atoms. The Morgan fingerprint density at radius 1 is 1.07 bits per heavy atom. The van der Waals surface area contributed by atoms with Gasteiger partial charge in [-0.3, -0.25) is 0 Å². The Kier molecular flexibility index (Phi) is 4.63. The third-order valence-electron chi connectivity index (χ3n) is 4.02. The summed E-state index contributed by atoms with van der Waals surface area (Å²) in [6.45, 7) is 0. The van der Waals surface area contributed by atoms with Crippen molar-refractivity contribution in [3.63, 3.8) is 0 Å². The van der Waals surface area contributed by atoms with Crippen LogP contribution < -0.4 is 4.74 Å². The Morgan fingerprint density at radius 2 is 1.89 bits per heavy atom. The summed E-state index contributed by atoms with van der Waals surface area (Å²) in [6.07, 6.45) is 1.50. The maximum Gasteiger partial charge on any atom is 0.152 e. The van der Waals surface area contributed by atoms with Crippen molar-refractivity contribution in [2.45, 2.75) is 0 Å². The van der Waals surface area contributed by atoms with Gasteiger partial charge in [-0.1, -0.05) is 40.0 Å². The number of pyridine rings is 1. The minimum atomic E-state index is -0.554. The number of fused-ring (bicyclic) bond motifs is 1. The summed E-state index contributed by atoms with van der Waals surface area (Å²) in [7, 11) is 1.54. The summed E-state index contributed by atoms with van der Waals surface area (Å²) in [6, 6.07) is 9.54. The molecule has 2 heterocycles. The molecule has 0 radical (unpaired) electrons. The van der Waals surface area contributed by atoms with Crippen molar-refractivity contribution in [1.82, 2.24) is 20.0 Å². The maximum atomic E-state index is 14.6. The molecule has 0 amide bonds. The van der Waals surface area contributed by atoms with Crippen molar-refractivity contribution in [1.29, 1.82) is 0 Å². The Labute approximate surface area is 168 Å². The maximum absolute atomic E-state index is 14.6. The van der Waals surface area contributed by atoms with E-state index in [9.17, 15) is 4.39 Å². The zero-order valence-corrected chi connectivity index (χ0v) is 16.0. The average molecular weight is 424 g/mol. The van der Waals surface area contributed by atoms with E-state index in [0.29, 0.717) is 33.1 Å². The van der Waals surface area contributed by atoms with E-state index in [2.05, 4.69) is 15.3 Å². The third kappa shape index (κ3) is 3.10. The molecular formula is C18H10Cl3FN4O. The SMILES string of the molecule is COc1ccc(-c2c(-n3nnc4cc(Cl)cc(F)c43)ccnc2Cl)c(Cl)c1. The lowest BCUT2D eigenvalue weighted by molar-refractivity contribution is 0.415. The quantitative estimate of drug-likeness (QED) is 0.403. The van der Waals surface area contributed by atoms with Crippen LogP contribution in [-0.2, 0) is 0 Å². The van der Waals surface area contributed by atoms with Gasteiger partial charge in [-0.15, -0.1) is 5.10 Å². The van der Waals surface area contributed by atoms with Gasteiger partial charge in [-0.05, 0) is 36.4 Å². The minimum Gasteiger partial charge on any atom is -0.497 e. The summed E-state index contributed by atoms with van der Waals surface area (Å²) in [5.41, 5.74) is 2.06. The first-order valence-corrected chi connectivity index (χ1v) is 8.82. The van der Waals surface area contributed by atoms with Crippen LogP contribution in [0.4, 0.5) is 4.39 Å².